The molecule has 1 heterocycles. The van der Waals surface area contributed by atoms with E-state index in [-0.39, 0.29) is 23.9 Å². The SMILES string of the molecule is O=C(COC(=O)CC12CC3CC(CC(C3)C1)C2)Nc1ccnn1C1CCCC1. The lowest BCUT2D eigenvalue weighted by molar-refractivity contribution is -0.154. The van der Waals surface area contributed by atoms with E-state index >= 15 is 0 Å². The molecule has 4 bridgehead atoms. The summed E-state index contributed by atoms with van der Waals surface area (Å²) >= 11 is 0. The number of nitrogens with one attached hydrogen (secondary N) is 1. The maximum absolute atomic E-state index is 12.5. The molecule has 6 rings (SSSR count). The van der Waals surface area contributed by atoms with Gasteiger partial charge in [0.2, 0.25) is 0 Å². The Kier molecular flexibility index (Phi) is 4.68. The Labute approximate surface area is 166 Å². The van der Waals surface area contributed by atoms with Crippen LogP contribution in [0.4, 0.5) is 5.82 Å². The third-order valence-corrected chi connectivity index (χ3v) is 7.66. The molecule has 0 atom stereocenters. The molecule has 6 nitrogen and oxygen atoms in total. The van der Waals surface area contributed by atoms with E-state index in [1.54, 1.807) is 6.20 Å². The number of rotatable bonds is 6. The molecule has 28 heavy (non-hydrogen) atoms. The Bertz CT molecular complexity index is 715. The van der Waals surface area contributed by atoms with Crippen LogP contribution >= 0.6 is 0 Å². The summed E-state index contributed by atoms with van der Waals surface area (Å²) in [7, 11) is 0. The molecular formula is C22H31N3O3. The standard InChI is InChI=1S/C22H31N3O3/c26-20(24-19-5-6-23-25(19)18-3-1-2-4-18)14-28-21(27)13-22-10-15-7-16(11-22)9-17(8-15)12-22/h5-6,15-18H,1-4,7-14H2,(H,24,26). The molecule has 0 aromatic carbocycles. The molecule has 1 aromatic heterocycles. The molecule has 0 aliphatic heterocycles. The fourth-order valence-electron chi connectivity index (χ4n) is 7.04. The Morgan fingerprint density at radius 1 is 1.11 bits per heavy atom. The lowest BCUT2D eigenvalue weighted by Crippen LogP contribution is -2.47. The number of carbonyl (C=O) groups excluding carboxylic acids is 2. The molecule has 0 saturated heterocycles. The predicted molar refractivity (Wildman–Crippen MR) is 105 cm³/mol. The van der Waals surface area contributed by atoms with Crippen LogP contribution in [-0.2, 0) is 14.3 Å². The smallest absolute Gasteiger partial charge is 0.306 e. The van der Waals surface area contributed by atoms with Crippen LogP contribution in [0.25, 0.3) is 0 Å². The summed E-state index contributed by atoms with van der Waals surface area (Å²) in [6.07, 6.45) is 14.5. The quantitative estimate of drug-likeness (QED) is 0.749. The summed E-state index contributed by atoms with van der Waals surface area (Å²) in [4.78, 5) is 24.8. The minimum Gasteiger partial charge on any atom is -0.456 e. The Morgan fingerprint density at radius 2 is 1.75 bits per heavy atom. The molecular weight excluding hydrogens is 354 g/mol. The van der Waals surface area contributed by atoms with Crippen molar-refractivity contribution in [2.24, 2.45) is 23.2 Å². The molecule has 5 aliphatic rings. The first kappa shape index (κ1) is 18.2. The van der Waals surface area contributed by atoms with Gasteiger partial charge in [0.05, 0.1) is 18.7 Å². The molecule has 6 heteroatoms. The third kappa shape index (κ3) is 3.58. The molecule has 5 saturated carbocycles. The normalized spacial score (nSPS) is 33.9. The highest BCUT2D eigenvalue weighted by atomic mass is 16.5. The van der Waals surface area contributed by atoms with Gasteiger partial charge in [-0.3, -0.25) is 9.59 Å². The number of amides is 1. The monoisotopic (exact) mass is 385 g/mol. The molecule has 5 aliphatic carbocycles. The highest BCUT2D eigenvalue weighted by Gasteiger charge is 2.51. The van der Waals surface area contributed by atoms with E-state index in [9.17, 15) is 9.59 Å². The first-order valence-corrected chi connectivity index (χ1v) is 11.1. The van der Waals surface area contributed by atoms with E-state index in [4.69, 9.17) is 4.74 Å². The van der Waals surface area contributed by atoms with Crippen molar-refractivity contribution in [3.63, 3.8) is 0 Å². The molecule has 1 aromatic rings. The van der Waals surface area contributed by atoms with Crippen molar-refractivity contribution in [2.75, 3.05) is 11.9 Å². The summed E-state index contributed by atoms with van der Waals surface area (Å²) < 4.78 is 7.28. The lowest BCUT2D eigenvalue weighted by atomic mass is 9.49. The van der Waals surface area contributed by atoms with Crippen LogP contribution in [0.1, 0.15) is 76.7 Å². The molecule has 1 N–H and O–H groups in total. The number of ether oxygens (including phenoxy) is 1. The number of anilines is 1. The van der Waals surface area contributed by atoms with Crippen LogP contribution in [0.3, 0.4) is 0 Å². The fraction of sp³-hybridized carbons (Fsp3) is 0.773. The number of esters is 1. The molecule has 5 fully saturated rings. The Balaban J connectivity index is 1.12. The average molecular weight is 386 g/mol. The Morgan fingerprint density at radius 3 is 2.39 bits per heavy atom. The van der Waals surface area contributed by atoms with Crippen LogP contribution in [0.2, 0.25) is 0 Å². The van der Waals surface area contributed by atoms with Gasteiger partial charge in [0.1, 0.15) is 5.82 Å². The van der Waals surface area contributed by atoms with Gasteiger partial charge in [-0.05, 0) is 74.5 Å². The second kappa shape index (κ2) is 7.20. The number of aromatic nitrogens is 2. The van der Waals surface area contributed by atoms with Crippen molar-refractivity contribution in [3.8, 4) is 0 Å². The van der Waals surface area contributed by atoms with Crippen LogP contribution in [-0.4, -0.2) is 28.3 Å². The van der Waals surface area contributed by atoms with Crippen LogP contribution in [0.5, 0.6) is 0 Å². The summed E-state index contributed by atoms with van der Waals surface area (Å²) in [5.74, 6) is 2.67. The lowest BCUT2D eigenvalue weighted by Gasteiger charge is -2.56. The number of hydrogen-bond donors (Lipinski definition) is 1. The van der Waals surface area contributed by atoms with E-state index in [0.717, 1.165) is 30.6 Å². The minimum atomic E-state index is -0.279. The number of carbonyl (C=O) groups is 2. The van der Waals surface area contributed by atoms with Gasteiger partial charge in [-0.25, -0.2) is 4.68 Å². The summed E-state index contributed by atoms with van der Waals surface area (Å²) in [6, 6.07) is 2.18. The van der Waals surface area contributed by atoms with Crippen LogP contribution in [0, 0.1) is 23.2 Å². The van der Waals surface area contributed by atoms with E-state index in [2.05, 4.69) is 10.4 Å². The first-order chi connectivity index (χ1) is 13.6. The van der Waals surface area contributed by atoms with Crippen molar-refractivity contribution < 1.29 is 14.3 Å². The van der Waals surface area contributed by atoms with Crippen LogP contribution < -0.4 is 5.32 Å². The van der Waals surface area contributed by atoms with Crippen molar-refractivity contribution in [3.05, 3.63) is 12.3 Å². The second-order valence-corrected chi connectivity index (χ2v) is 9.90. The maximum Gasteiger partial charge on any atom is 0.306 e. The zero-order valence-corrected chi connectivity index (χ0v) is 16.6. The molecule has 0 radical (unpaired) electrons. The zero-order valence-electron chi connectivity index (χ0n) is 16.6. The summed E-state index contributed by atoms with van der Waals surface area (Å²) in [6.45, 7) is -0.207. The largest absolute Gasteiger partial charge is 0.456 e. The highest BCUT2D eigenvalue weighted by Crippen LogP contribution is 2.61. The molecule has 0 spiro atoms. The number of nitrogens with zero attached hydrogens (tertiary/aromatic N) is 2. The van der Waals surface area contributed by atoms with E-state index in [1.807, 2.05) is 10.7 Å². The maximum atomic E-state index is 12.5. The van der Waals surface area contributed by atoms with Gasteiger partial charge in [0, 0.05) is 6.07 Å². The molecule has 152 valence electrons. The van der Waals surface area contributed by atoms with Crippen molar-refractivity contribution in [1.82, 2.24) is 9.78 Å². The van der Waals surface area contributed by atoms with E-state index in [1.165, 1.54) is 51.4 Å². The Hall–Kier alpha value is -1.85. The van der Waals surface area contributed by atoms with E-state index in [0.29, 0.717) is 18.3 Å². The second-order valence-electron chi connectivity index (χ2n) is 9.90. The predicted octanol–water partition coefficient (Wildman–Crippen LogP) is 4.09. The third-order valence-electron chi connectivity index (χ3n) is 7.66. The van der Waals surface area contributed by atoms with Crippen molar-refractivity contribution in [1.29, 1.82) is 0 Å². The molecule has 0 unspecified atom stereocenters. The topological polar surface area (TPSA) is 73.2 Å². The zero-order chi connectivity index (χ0) is 19.1. The van der Waals surface area contributed by atoms with Crippen LogP contribution in [0.15, 0.2) is 12.3 Å². The summed E-state index contributed by atoms with van der Waals surface area (Å²) in [5.41, 5.74) is 0.156. The van der Waals surface area contributed by atoms with Gasteiger partial charge in [-0.1, -0.05) is 12.8 Å². The van der Waals surface area contributed by atoms with Gasteiger partial charge < -0.3 is 10.1 Å². The highest BCUT2D eigenvalue weighted by molar-refractivity contribution is 5.92. The number of hydrogen-bond acceptors (Lipinski definition) is 4. The van der Waals surface area contributed by atoms with Crippen molar-refractivity contribution in [2.45, 2.75) is 76.7 Å². The van der Waals surface area contributed by atoms with E-state index < -0.39 is 0 Å². The average Bonchev–Trinajstić information content (AvgIpc) is 3.29. The van der Waals surface area contributed by atoms with Gasteiger partial charge in [-0.15, -0.1) is 0 Å². The summed E-state index contributed by atoms with van der Waals surface area (Å²) in [5, 5.41) is 7.23. The van der Waals surface area contributed by atoms with Gasteiger partial charge in [0.25, 0.3) is 5.91 Å². The molecule has 1 amide bonds. The van der Waals surface area contributed by atoms with Gasteiger partial charge in [0.15, 0.2) is 6.61 Å². The van der Waals surface area contributed by atoms with Gasteiger partial charge >= 0.3 is 5.97 Å². The van der Waals surface area contributed by atoms with Gasteiger partial charge in [-0.2, -0.15) is 5.10 Å². The fourth-order valence-corrected chi connectivity index (χ4v) is 7.04. The minimum absolute atomic E-state index is 0.156. The first-order valence-electron chi connectivity index (χ1n) is 11.1. The van der Waals surface area contributed by atoms with Crippen molar-refractivity contribution >= 4 is 17.7 Å².